The van der Waals surface area contributed by atoms with E-state index in [4.69, 9.17) is 4.98 Å². The number of fused-ring (bicyclic) bond motifs is 1. The van der Waals surface area contributed by atoms with Gasteiger partial charge in [-0.25, -0.2) is 4.98 Å². The fourth-order valence-corrected chi connectivity index (χ4v) is 3.26. The van der Waals surface area contributed by atoms with Gasteiger partial charge >= 0.3 is 0 Å². The van der Waals surface area contributed by atoms with Gasteiger partial charge in [0.1, 0.15) is 5.82 Å². The lowest BCUT2D eigenvalue weighted by molar-refractivity contribution is 0.509. The van der Waals surface area contributed by atoms with E-state index >= 15 is 0 Å². The molecule has 0 bridgehead atoms. The van der Waals surface area contributed by atoms with Gasteiger partial charge in [0.2, 0.25) is 0 Å². The highest BCUT2D eigenvalue weighted by Gasteiger charge is 2.19. The topological polar surface area (TPSA) is 29.9 Å². The van der Waals surface area contributed by atoms with Crippen molar-refractivity contribution in [2.45, 2.75) is 85.2 Å². The minimum Gasteiger partial charge on any atom is -0.332 e. The van der Waals surface area contributed by atoms with Crippen LogP contribution in [-0.4, -0.2) is 16.1 Å². The van der Waals surface area contributed by atoms with E-state index < -0.39 is 0 Å². The Balaban J connectivity index is 1.94. The van der Waals surface area contributed by atoms with Crippen LogP contribution in [0.15, 0.2) is 0 Å². The van der Waals surface area contributed by atoms with Crippen LogP contribution in [0.3, 0.4) is 0 Å². The Kier molecular flexibility index (Phi) is 6.75. The molecule has 1 aromatic heterocycles. The Morgan fingerprint density at radius 2 is 1.90 bits per heavy atom. The molecule has 1 aliphatic heterocycles. The van der Waals surface area contributed by atoms with E-state index in [0.29, 0.717) is 5.92 Å². The predicted molar refractivity (Wildman–Crippen MR) is 89.6 cm³/mol. The van der Waals surface area contributed by atoms with Gasteiger partial charge in [0, 0.05) is 38.2 Å². The van der Waals surface area contributed by atoms with Crippen molar-refractivity contribution in [2.24, 2.45) is 5.92 Å². The molecule has 1 N–H and O–H groups in total. The second-order valence-electron chi connectivity index (χ2n) is 6.87. The second kappa shape index (κ2) is 8.57. The smallest absolute Gasteiger partial charge is 0.109 e. The van der Waals surface area contributed by atoms with Crippen LogP contribution in [0.1, 0.15) is 76.5 Å². The minimum absolute atomic E-state index is 0.685. The Bertz CT molecular complexity index is 420. The summed E-state index contributed by atoms with van der Waals surface area (Å²) in [5, 5.41) is 3.45. The molecule has 2 heterocycles. The van der Waals surface area contributed by atoms with E-state index in [-0.39, 0.29) is 0 Å². The molecule has 3 nitrogen and oxygen atoms in total. The molecule has 2 rings (SSSR count). The largest absolute Gasteiger partial charge is 0.332 e. The standard InChI is InChI=1S/C18H33N3/c1-4-5-6-7-8-9-12-21-17-10-11-19-14-16(17)20-18(21)13-15(2)3/h15,19H,4-14H2,1-3H3. The zero-order valence-electron chi connectivity index (χ0n) is 14.2. The SMILES string of the molecule is CCCCCCCCn1c(CC(C)C)nc2c1CCNC2. The number of hydrogen-bond donors (Lipinski definition) is 1. The highest BCUT2D eigenvalue weighted by atomic mass is 15.1. The van der Waals surface area contributed by atoms with Crippen LogP contribution in [0.2, 0.25) is 0 Å². The Morgan fingerprint density at radius 1 is 1.14 bits per heavy atom. The first-order chi connectivity index (χ1) is 10.2. The summed E-state index contributed by atoms with van der Waals surface area (Å²) in [7, 11) is 0. The first-order valence-electron chi connectivity index (χ1n) is 9.00. The molecular weight excluding hydrogens is 258 g/mol. The van der Waals surface area contributed by atoms with Gasteiger partial charge in [0.05, 0.1) is 5.69 Å². The zero-order chi connectivity index (χ0) is 15.1. The lowest BCUT2D eigenvalue weighted by Crippen LogP contribution is -2.25. The summed E-state index contributed by atoms with van der Waals surface area (Å²) in [6.07, 6.45) is 10.5. The van der Waals surface area contributed by atoms with E-state index in [1.807, 2.05) is 0 Å². The molecule has 3 heteroatoms. The molecule has 1 aliphatic rings. The highest BCUT2D eigenvalue weighted by Crippen LogP contribution is 2.20. The van der Waals surface area contributed by atoms with Crippen LogP contribution in [0.4, 0.5) is 0 Å². The third-order valence-electron chi connectivity index (χ3n) is 4.39. The molecule has 21 heavy (non-hydrogen) atoms. The summed E-state index contributed by atoms with van der Waals surface area (Å²) in [5.41, 5.74) is 2.82. The number of nitrogens with one attached hydrogen (secondary N) is 1. The maximum atomic E-state index is 4.92. The minimum atomic E-state index is 0.685. The number of unbranched alkanes of at least 4 members (excludes halogenated alkanes) is 5. The molecule has 0 saturated carbocycles. The molecule has 1 aromatic rings. The van der Waals surface area contributed by atoms with Gasteiger partial charge in [-0.3, -0.25) is 0 Å². The van der Waals surface area contributed by atoms with Crippen LogP contribution >= 0.6 is 0 Å². The predicted octanol–water partition coefficient (Wildman–Crippen LogP) is 4.09. The summed E-state index contributed by atoms with van der Waals surface area (Å²) in [6, 6.07) is 0. The third-order valence-corrected chi connectivity index (χ3v) is 4.39. The molecule has 0 unspecified atom stereocenters. The molecule has 0 fully saturated rings. The fraction of sp³-hybridized carbons (Fsp3) is 0.833. The zero-order valence-corrected chi connectivity index (χ0v) is 14.2. The van der Waals surface area contributed by atoms with E-state index in [1.54, 1.807) is 0 Å². The fourth-order valence-electron chi connectivity index (χ4n) is 3.26. The molecule has 0 atom stereocenters. The van der Waals surface area contributed by atoms with Crippen molar-refractivity contribution in [3.05, 3.63) is 17.2 Å². The molecule has 0 aromatic carbocycles. The van der Waals surface area contributed by atoms with Crippen molar-refractivity contribution in [2.75, 3.05) is 6.54 Å². The van der Waals surface area contributed by atoms with Crippen molar-refractivity contribution < 1.29 is 0 Å². The van der Waals surface area contributed by atoms with Crippen molar-refractivity contribution in [1.82, 2.24) is 14.9 Å². The number of hydrogen-bond acceptors (Lipinski definition) is 2. The summed E-state index contributed by atoms with van der Waals surface area (Å²) < 4.78 is 2.55. The van der Waals surface area contributed by atoms with Crippen LogP contribution in [0.25, 0.3) is 0 Å². The average molecular weight is 291 g/mol. The average Bonchev–Trinajstić information content (AvgIpc) is 2.79. The molecule has 0 radical (unpaired) electrons. The lowest BCUT2D eigenvalue weighted by Gasteiger charge is -2.16. The number of imidazole rings is 1. The molecule has 0 amide bonds. The summed E-state index contributed by atoms with van der Waals surface area (Å²) in [4.78, 5) is 4.92. The first kappa shape index (κ1) is 16.5. The van der Waals surface area contributed by atoms with Crippen LogP contribution in [0.5, 0.6) is 0 Å². The molecular formula is C18H33N3. The number of rotatable bonds is 9. The summed E-state index contributed by atoms with van der Waals surface area (Å²) >= 11 is 0. The number of aromatic nitrogens is 2. The first-order valence-corrected chi connectivity index (χ1v) is 9.00. The Labute approximate surface area is 130 Å². The van der Waals surface area contributed by atoms with Crippen LogP contribution in [-0.2, 0) is 25.9 Å². The third kappa shape index (κ3) is 4.84. The van der Waals surface area contributed by atoms with Gasteiger partial charge in [0.15, 0.2) is 0 Å². The Morgan fingerprint density at radius 3 is 2.67 bits per heavy atom. The van der Waals surface area contributed by atoms with Gasteiger partial charge in [-0.05, 0) is 12.3 Å². The van der Waals surface area contributed by atoms with Crippen molar-refractivity contribution in [3.63, 3.8) is 0 Å². The van der Waals surface area contributed by atoms with Crippen molar-refractivity contribution in [1.29, 1.82) is 0 Å². The second-order valence-corrected chi connectivity index (χ2v) is 6.87. The van der Waals surface area contributed by atoms with Gasteiger partial charge in [-0.2, -0.15) is 0 Å². The monoisotopic (exact) mass is 291 g/mol. The Hall–Kier alpha value is -0.830. The quantitative estimate of drug-likeness (QED) is 0.695. The van der Waals surface area contributed by atoms with Gasteiger partial charge in [-0.1, -0.05) is 52.9 Å². The maximum Gasteiger partial charge on any atom is 0.109 e. The van der Waals surface area contributed by atoms with Crippen LogP contribution in [0, 0.1) is 5.92 Å². The van der Waals surface area contributed by atoms with E-state index in [1.165, 1.54) is 62.3 Å². The summed E-state index contributed by atoms with van der Waals surface area (Å²) in [5.74, 6) is 2.01. The van der Waals surface area contributed by atoms with Crippen molar-refractivity contribution in [3.8, 4) is 0 Å². The normalized spacial score (nSPS) is 14.7. The van der Waals surface area contributed by atoms with Crippen LogP contribution < -0.4 is 5.32 Å². The maximum absolute atomic E-state index is 4.92. The molecule has 0 spiro atoms. The molecule has 0 saturated heterocycles. The summed E-state index contributed by atoms with van der Waals surface area (Å²) in [6.45, 7) is 10.1. The molecule has 120 valence electrons. The van der Waals surface area contributed by atoms with E-state index in [0.717, 1.165) is 25.9 Å². The van der Waals surface area contributed by atoms with Crippen molar-refractivity contribution >= 4 is 0 Å². The van der Waals surface area contributed by atoms with E-state index in [2.05, 4.69) is 30.7 Å². The number of nitrogens with zero attached hydrogens (tertiary/aromatic N) is 2. The highest BCUT2D eigenvalue weighted by molar-refractivity contribution is 5.20. The van der Waals surface area contributed by atoms with Gasteiger partial charge in [-0.15, -0.1) is 0 Å². The molecule has 0 aliphatic carbocycles. The van der Waals surface area contributed by atoms with Gasteiger partial charge < -0.3 is 9.88 Å². The van der Waals surface area contributed by atoms with Gasteiger partial charge in [0.25, 0.3) is 0 Å². The lowest BCUT2D eigenvalue weighted by atomic mass is 10.1. The van der Waals surface area contributed by atoms with E-state index in [9.17, 15) is 0 Å².